The van der Waals surface area contributed by atoms with Gasteiger partial charge in [0.15, 0.2) is 5.16 Å². The summed E-state index contributed by atoms with van der Waals surface area (Å²) in [6.45, 7) is 0.706. The topological polar surface area (TPSA) is 63.8 Å². The highest BCUT2D eigenvalue weighted by Crippen LogP contribution is 2.16. The maximum atomic E-state index is 5.71. The number of anilines is 2. The highest BCUT2D eigenvalue weighted by molar-refractivity contribution is 9.10. The number of nitrogens with one attached hydrogen (secondary N) is 1. The number of hydrogen-bond acceptors (Lipinski definition) is 5. The molecule has 2 aromatic rings. The molecule has 0 saturated heterocycles. The summed E-state index contributed by atoms with van der Waals surface area (Å²) in [6.07, 6.45) is 1.92. The number of benzene rings is 1. The zero-order valence-corrected chi connectivity index (χ0v) is 12.3. The Labute approximate surface area is 119 Å². The minimum absolute atomic E-state index is 0.479. The van der Waals surface area contributed by atoms with Gasteiger partial charge in [-0.1, -0.05) is 39.8 Å². The van der Waals surface area contributed by atoms with E-state index in [2.05, 4.69) is 43.3 Å². The van der Waals surface area contributed by atoms with Crippen molar-refractivity contribution in [3.63, 3.8) is 0 Å². The summed E-state index contributed by atoms with van der Waals surface area (Å²) >= 11 is 4.88. The monoisotopic (exact) mass is 324 g/mol. The second kappa shape index (κ2) is 6.06. The summed E-state index contributed by atoms with van der Waals surface area (Å²) in [7, 11) is 0. The fourth-order valence-electron chi connectivity index (χ4n) is 1.42. The number of aromatic nitrogens is 2. The Morgan fingerprint density at radius 2 is 2.00 bits per heavy atom. The maximum Gasteiger partial charge on any atom is 0.191 e. The van der Waals surface area contributed by atoms with Crippen molar-refractivity contribution in [2.45, 2.75) is 11.7 Å². The first-order chi connectivity index (χ1) is 8.67. The lowest BCUT2D eigenvalue weighted by Crippen LogP contribution is -2.04. The van der Waals surface area contributed by atoms with Crippen molar-refractivity contribution in [3.05, 3.63) is 40.4 Å². The Balaban J connectivity index is 2.05. The third-order valence-corrected chi connectivity index (χ3v) is 3.37. The van der Waals surface area contributed by atoms with Crippen molar-refractivity contribution >= 4 is 39.3 Å². The third-order valence-electron chi connectivity index (χ3n) is 2.29. The van der Waals surface area contributed by atoms with Crippen LogP contribution in [-0.4, -0.2) is 16.2 Å². The molecule has 6 heteroatoms. The highest BCUT2D eigenvalue weighted by atomic mass is 79.9. The lowest BCUT2D eigenvalue weighted by atomic mass is 10.2. The van der Waals surface area contributed by atoms with Gasteiger partial charge in [0.1, 0.15) is 11.6 Å². The van der Waals surface area contributed by atoms with Crippen molar-refractivity contribution < 1.29 is 0 Å². The number of halogens is 1. The van der Waals surface area contributed by atoms with Crippen LogP contribution in [0.3, 0.4) is 0 Å². The molecular weight excluding hydrogens is 312 g/mol. The van der Waals surface area contributed by atoms with E-state index in [1.165, 1.54) is 17.3 Å². The molecule has 94 valence electrons. The van der Waals surface area contributed by atoms with Crippen molar-refractivity contribution in [3.8, 4) is 0 Å². The number of nitrogens with two attached hydrogens (primary N) is 1. The molecule has 0 atom stereocenters. The van der Waals surface area contributed by atoms with Gasteiger partial charge >= 0.3 is 0 Å². The Bertz CT molecular complexity index is 530. The Morgan fingerprint density at radius 3 is 2.67 bits per heavy atom. The molecule has 18 heavy (non-hydrogen) atoms. The molecule has 0 aliphatic carbocycles. The molecule has 0 saturated carbocycles. The molecule has 3 N–H and O–H groups in total. The van der Waals surface area contributed by atoms with E-state index in [0.29, 0.717) is 17.5 Å². The Morgan fingerprint density at radius 1 is 1.28 bits per heavy atom. The summed E-state index contributed by atoms with van der Waals surface area (Å²) in [6, 6.07) is 9.87. The van der Waals surface area contributed by atoms with Gasteiger partial charge in [-0.15, -0.1) is 0 Å². The van der Waals surface area contributed by atoms with E-state index >= 15 is 0 Å². The molecule has 0 amide bonds. The summed E-state index contributed by atoms with van der Waals surface area (Å²) in [5.74, 6) is 1.22. The van der Waals surface area contributed by atoms with E-state index in [4.69, 9.17) is 5.73 Å². The number of thioether (sulfide) groups is 1. The van der Waals surface area contributed by atoms with E-state index in [-0.39, 0.29) is 0 Å². The molecule has 2 rings (SSSR count). The van der Waals surface area contributed by atoms with Crippen LogP contribution in [0.5, 0.6) is 0 Å². The van der Waals surface area contributed by atoms with Crippen molar-refractivity contribution in [2.24, 2.45) is 0 Å². The second-order valence-corrected chi connectivity index (χ2v) is 5.33. The van der Waals surface area contributed by atoms with Crippen LogP contribution in [0.1, 0.15) is 5.56 Å². The second-order valence-electron chi connectivity index (χ2n) is 3.64. The molecule has 4 nitrogen and oxygen atoms in total. The summed E-state index contributed by atoms with van der Waals surface area (Å²) in [5, 5.41) is 3.91. The van der Waals surface area contributed by atoms with Gasteiger partial charge in [-0.2, -0.15) is 0 Å². The molecular formula is C12H13BrN4S. The molecule has 1 aromatic carbocycles. The summed E-state index contributed by atoms with van der Waals surface area (Å²) in [5.41, 5.74) is 6.89. The number of hydrogen-bond donors (Lipinski definition) is 2. The highest BCUT2D eigenvalue weighted by Gasteiger charge is 2.01. The molecule has 0 spiro atoms. The molecule has 0 unspecified atom stereocenters. The maximum absolute atomic E-state index is 5.71. The van der Waals surface area contributed by atoms with Crippen LogP contribution in [0, 0.1) is 0 Å². The van der Waals surface area contributed by atoms with Crippen molar-refractivity contribution in [1.82, 2.24) is 9.97 Å². The third kappa shape index (κ3) is 3.61. The van der Waals surface area contributed by atoms with E-state index in [9.17, 15) is 0 Å². The van der Waals surface area contributed by atoms with Gasteiger partial charge in [0.05, 0.1) is 0 Å². The average Bonchev–Trinajstić information content (AvgIpc) is 2.37. The van der Waals surface area contributed by atoms with Crippen molar-refractivity contribution in [1.29, 1.82) is 0 Å². The minimum atomic E-state index is 0.479. The van der Waals surface area contributed by atoms with Crippen LogP contribution in [-0.2, 0) is 6.54 Å². The van der Waals surface area contributed by atoms with Gasteiger partial charge in [-0.05, 0) is 24.0 Å². The zero-order valence-electron chi connectivity index (χ0n) is 9.85. The van der Waals surface area contributed by atoms with Gasteiger partial charge in [0.2, 0.25) is 0 Å². The zero-order chi connectivity index (χ0) is 13.0. The molecule has 1 aromatic heterocycles. The van der Waals surface area contributed by atoms with Crippen LogP contribution >= 0.6 is 27.7 Å². The first kappa shape index (κ1) is 13.2. The quantitative estimate of drug-likeness (QED) is 0.668. The standard InChI is InChI=1S/C12H13BrN4S/c1-18-12-16-10(14)6-11(17-12)15-7-8-2-4-9(13)5-3-8/h2-6H,7H2,1H3,(H3,14,15,16,17). The van der Waals surface area contributed by atoms with E-state index < -0.39 is 0 Å². The predicted octanol–water partition coefficient (Wildman–Crippen LogP) is 3.16. The van der Waals surface area contributed by atoms with Crippen LogP contribution < -0.4 is 11.1 Å². The first-order valence-electron chi connectivity index (χ1n) is 5.34. The SMILES string of the molecule is CSc1nc(N)cc(NCc2ccc(Br)cc2)n1. The number of rotatable bonds is 4. The van der Waals surface area contributed by atoms with Gasteiger partial charge < -0.3 is 11.1 Å². The average molecular weight is 325 g/mol. The van der Waals surface area contributed by atoms with Gasteiger partial charge in [-0.25, -0.2) is 9.97 Å². The minimum Gasteiger partial charge on any atom is -0.383 e. The molecule has 0 bridgehead atoms. The van der Waals surface area contributed by atoms with E-state index in [1.807, 2.05) is 18.4 Å². The lowest BCUT2D eigenvalue weighted by molar-refractivity contribution is 0.963. The Kier molecular flexibility index (Phi) is 4.43. The first-order valence-corrected chi connectivity index (χ1v) is 7.36. The van der Waals surface area contributed by atoms with Gasteiger partial charge in [-0.3, -0.25) is 0 Å². The Hall–Kier alpha value is -1.27. The predicted molar refractivity (Wildman–Crippen MR) is 79.7 cm³/mol. The summed E-state index contributed by atoms with van der Waals surface area (Å²) < 4.78 is 1.07. The fraction of sp³-hybridized carbons (Fsp3) is 0.167. The van der Waals surface area contributed by atoms with Crippen LogP contribution in [0.25, 0.3) is 0 Å². The molecule has 1 heterocycles. The van der Waals surface area contributed by atoms with Gasteiger partial charge in [0.25, 0.3) is 0 Å². The number of nitrogens with zero attached hydrogens (tertiary/aromatic N) is 2. The summed E-state index contributed by atoms with van der Waals surface area (Å²) in [4.78, 5) is 8.44. The van der Waals surface area contributed by atoms with Crippen LogP contribution in [0.15, 0.2) is 40.0 Å². The molecule has 0 radical (unpaired) electrons. The largest absolute Gasteiger partial charge is 0.383 e. The number of nitrogen functional groups attached to an aromatic ring is 1. The van der Waals surface area contributed by atoms with Crippen molar-refractivity contribution in [2.75, 3.05) is 17.3 Å². The normalized spacial score (nSPS) is 10.3. The fourth-order valence-corrected chi connectivity index (χ4v) is 2.07. The molecule has 0 fully saturated rings. The molecule has 0 aliphatic rings. The molecule has 0 aliphatic heterocycles. The van der Waals surface area contributed by atoms with E-state index in [0.717, 1.165) is 10.3 Å². The lowest BCUT2D eigenvalue weighted by Gasteiger charge is -2.07. The van der Waals surface area contributed by atoms with Gasteiger partial charge in [0, 0.05) is 17.1 Å². The smallest absolute Gasteiger partial charge is 0.191 e. The van der Waals surface area contributed by atoms with E-state index in [1.54, 1.807) is 6.07 Å². The van der Waals surface area contributed by atoms with Crippen LogP contribution in [0.2, 0.25) is 0 Å². The van der Waals surface area contributed by atoms with Crippen LogP contribution in [0.4, 0.5) is 11.6 Å².